The third-order valence-electron chi connectivity index (χ3n) is 3.37. The van der Waals surface area contributed by atoms with Crippen LogP contribution in [-0.2, 0) is 11.2 Å². The van der Waals surface area contributed by atoms with Gasteiger partial charge in [-0.3, -0.25) is 9.78 Å². The molecule has 0 saturated carbocycles. The Morgan fingerprint density at radius 1 is 1.14 bits per heavy atom. The van der Waals surface area contributed by atoms with Crippen LogP contribution in [0, 0.1) is 13.8 Å². The number of benzene rings is 1. The first kappa shape index (κ1) is 15.8. The lowest BCUT2D eigenvalue weighted by Crippen LogP contribution is -2.15. The molecule has 0 atom stereocenters. The molecule has 0 fully saturated rings. The molecule has 0 spiro atoms. The standard InChI is InChI=1S/C17H20N2O3/c1-11-7-15(21-3)16(22-4)9-13(11)10-17(20)19-14-5-6-18-12(2)8-14/h5-9H,10H2,1-4H3,(H,18,19,20). The Labute approximate surface area is 130 Å². The van der Waals surface area contributed by atoms with Crippen molar-refractivity contribution in [2.45, 2.75) is 20.3 Å². The van der Waals surface area contributed by atoms with Crippen LogP contribution in [-0.4, -0.2) is 25.1 Å². The van der Waals surface area contributed by atoms with E-state index in [4.69, 9.17) is 9.47 Å². The van der Waals surface area contributed by atoms with Gasteiger partial charge in [0.05, 0.1) is 20.6 Å². The quantitative estimate of drug-likeness (QED) is 0.922. The number of hydrogen-bond donors (Lipinski definition) is 1. The van der Waals surface area contributed by atoms with E-state index >= 15 is 0 Å². The van der Waals surface area contributed by atoms with Crippen molar-refractivity contribution in [2.75, 3.05) is 19.5 Å². The van der Waals surface area contributed by atoms with Crippen molar-refractivity contribution in [3.63, 3.8) is 0 Å². The predicted molar refractivity (Wildman–Crippen MR) is 85.6 cm³/mol. The number of hydrogen-bond acceptors (Lipinski definition) is 4. The number of methoxy groups -OCH3 is 2. The molecule has 0 aliphatic heterocycles. The first-order valence-corrected chi connectivity index (χ1v) is 6.97. The number of pyridine rings is 1. The van der Waals surface area contributed by atoms with Crippen molar-refractivity contribution >= 4 is 11.6 Å². The largest absolute Gasteiger partial charge is 0.493 e. The second-order valence-corrected chi connectivity index (χ2v) is 5.04. The first-order valence-electron chi connectivity index (χ1n) is 6.97. The summed E-state index contributed by atoms with van der Waals surface area (Å²) in [5, 5.41) is 2.87. The molecule has 5 nitrogen and oxygen atoms in total. The lowest BCUT2D eigenvalue weighted by atomic mass is 10.0. The van der Waals surface area contributed by atoms with Gasteiger partial charge in [0.1, 0.15) is 0 Å². The fraction of sp³-hybridized carbons (Fsp3) is 0.294. The molecule has 116 valence electrons. The van der Waals surface area contributed by atoms with E-state index in [-0.39, 0.29) is 12.3 Å². The van der Waals surface area contributed by atoms with Crippen LogP contribution >= 0.6 is 0 Å². The van der Waals surface area contributed by atoms with E-state index in [0.29, 0.717) is 11.5 Å². The molecule has 2 rings (SSSR count). The number of nitrogens with one attached hydrogen (secondary N) is 1. The average molecular weight is 300 g/mol. The van der Waals surface area contributed by atoms with Gasteiger partial charge in [0, 0.05) is 17.6 Å². The van der Waals surface area contributed by atoms with Crippen LogP contribution < -0.4 is 14.8 Å². The van der Waals surface area contributed by atoms with Crippen molar-refractivity contribution in [1.29, 1.82) is 0 Å². The van der Waals surface area contributed by atoms with E-state index in [9.17, 15) is 4.79 Å². The van der Waals surface area contributed by atoms with E-state index in [2.05, 4.69) is 10.3 Å². The summed E-state index contributed by atoms with van der Waals surface area (Å²) in [4.78, 5) is 16.3. The molecule has 2 aromatic rings. The minimum Gasteiger partial charge on any atom is -0.493 e. The Bertz CT molecular complexity index is 684. The smallest absolute Gasteiger partial charge is 0.228 e. The zero-order chi connectivity index (χ0) is 16.1. The fourth-order valence-electron chi connectivity index (χ4n) is 2.21. The maximum Gasteiger partial charge on any atom is 0.228 e. The number of carbonyl (C=O) groups is 1. The van der Waals surface area contributed by atoms with Crippen LogP contribution in [0.4, 0.5) is 5.69 Å². The molecule has 0 radical (unpaired) electrons. The van der Waals surface area contributed by atoms with Crippen molar-refractivity contribution in [1.82, 2.24) is 4.98 Å². The highest BCUT2D eigenvalue weighted by molar-refractivity contribution is 5.92. The summed E-state index contributed by atoms with van der Waals surface area (Å²) >= 11 is 0. The number of aryl methyl sites for hydroxylation is 2. The highest BCUT2D eigenvalue weighted by Gasteiger charge is 2.12. The van der Waals surface area contributed by atoms with Gasteiger partial charge in [-0.15, -0.1) is 0 Å². The van der Waals surface area contributed by atoms with Gasteiger partial charge in [-0.2, -0.15) is 0 Å². The summed E-state index contributed by atoms with van der Waals surface area (Å²) in [5.74, 6) is 1.20. The zero-order valence-electron chi connectivity index (χ0n) is 13.3. The number of amides is 1. The maximum atomic E-state index is 12.2. The van der Waals surface area contributed by atoms with Crippen LogP contribution in [0.3, 0.4) is 0 Å². The van der Waals surface area contributed by atoms with E-state index in [0.717, 1.165) is 22.5 Å². The van der Waals surface area contributed by atoms with Gasteiger partial charge in [0.25, 0.3) is 0 Å². The van der Waals surface area contributed by atoms with Crippen LogP contribution in [0.5, 0.6) is 11.5 Å². The maximum absolute atomic E-state index is 12.2. The van der Waals surface area contributed by atoms with Gasteiger partial charge in [-0.25, -0.2) is 0 Å². The molecule has 1 amide bonds. The fourth-order valence-corrected chi connectivity index (χ4v) is 2.21. The monoisotopic (exact) mass is 300 g/mol. The second kappa shape index (κ2) is 6.93. The van der Waals surface area contributed by atoms with Gasteiger partial charge in [0.15, 0.2) is 11.5 Å². The minimum absolute atomic E-state index is 0.0825. The van der Waals surface area contributed by atoms with Crippen molar-refractivity contribution in [3.05, 3.63) is 47.3 Å². The Morgan fingerprint density at radius 2 is 1.82 bits per heavy atom. The third-order valence-corrected chi connectivity index (χ3v) is 3.37. The molecular weight excluding hydrogens is 280 g/mol. The SMILES string of the molecule is COc1cc(C)c(CC(=O)Nc2ccnc(C)c2)cc1OC. The molecule has 0 aliphatic rings. The minimum atomic E-state index is -0.0825. The van der Waals surface area contributed by atoms with Crippen molar-refractivity contribution < 1.29 is 14.3 Å². The summed E-state index contributed by atoms with van der Waals surface area (Å²) in [5.41, 5.74) is 3.50. The normalized spacial score (nSPS) is 10.2. The molecule has 0 bridgehead atoms. The Hall–Kier alpha value is -2.56. The van der Waals surface area contributed by atoms with E-state index < -0.39 is 0 Å². The average Bonchev–Trinajstić information content (AvgIpc) is 2.48. The van der Waals surface area contributed by atoms with Crippen LogP contribution in [0.15, 0.2) is 30.5 Å². The van der Waals surface area contributed by atoms with Crippen LogP contribution in [0.2, 0.25) is 0 Å². The number of aromatic nitrogens is 1. The van der Waals surface area contributed by atoms with E-state index in [1.54, 1.807) is 26.5 Å². The molecule has 0 saturated heterocycles. The molecule has 1 aromatic heterocycles. The second-order valence-electron chi connectivity index (χ2n) is 5.04. The summed E-state index contributed by atoms with van der Waals surface area (Å²) < 4.78 is 10.5. The summed E-state index contributed by atoms with van der Waals surface area (Å²) in [6.45, 7) is 3.83. The molecule has 5 heteroatoms. The molecule has 1 heterocycles. The molecule has 1 aromatic carbocycles. The Balaban J connectivity index is 2.14. The van der Waals surface area contributed by atoms with Gasteiger partial charge in [-0.1, -0.05) is 0 Å². The molecule has 0 aliphatic carbocycles. The van der Waals surface area contributed by atoms with Crippen LogP contribution in [0.25, 0.3) is 0 Å². The zero-order valence-corrected chi connectivity index (χ0v) is 13.3. The highest BCUT2D eigenvalue weighted by atomic mass is 16.5. The molecule has 22 heavy (non-hydrogen) atoms. The third kappa shape index (κ3) is 3.75. The van der Waals surface area contributed by atoms with Gasteiger partial charge in [-0.05, 0) is 49.2 Å². The number of rotatable bonds is 5. The van der Waals surface area contributed by atoms with Gasteiger partial charge in [0.2, 0.25) is 5.91 Å². The number of anilines is 1. The van der Waals surface area contributed by atoms with Gasteiger partial charge >= 0.3 is 0 Å². The number of nitrogens with zero attached hydrogens (tertiary/aromatic N) is 1. The first-order chi connectivity index (χ1) is 10.5. The Kier molecular flexibility index (Phi) is 4.99. The van der Waals surface area contributed by atoms with E-state index in [1.807, 2.05) is 32.0 Å². The number of ether oxygens (including phenoxy) is 2. The van der Waals surface area contributed by atoms with E-state index in [1.165, 1.54) is 0 Å². The summed E-state index contributed by atoms with van der Waals surface area (Å²) in [6, 6.07) is 7.31. The molecule has 0 unspecified atom stereocenters. The summed E-state index contributed by atoms with van der Waals surface area (Å²) in [6.07, 6.45) is 1.94. The molecular formula is C17H20N2O3. The van der Waals surface area contributed by atoms with Crippen molar-refractivity contribution in [3.8, 4) is 11.5 Å². The van der Waals surface area contributed by atoms with Crippen molar-refractivity contribution in [2.24, 2.45) is 0 Å². The van der Waals surface area contributed by atoms with Gasteiger partial charge < -0.3 is 14.8 Å². The highest BCUT2D eigenvalue weighted by Crippen LogP contribution is 2.30. The summed E-state index contributed by atoms with van der Waals surface area (Å²) in [7, 11) is 3.17. The lowest BCUT2D eigenvalue weighted by Gasteiger charge is -2.13. The van der Waals surface area contributed by atoms with Crippen LogP contribution in [0.1, 0.15) is 16.8 Å². The number of carbonyl (C=O) groups excluding carboxylic acids is 1. The molecule has 1 N–H and O–H groups in total. The Morgan fingerprint density at radius 3 is 2.45 bits per heavy atom. The lowest BCUT2D eigenvalue weighted by molar-refractivity contribution is -0.115. The topological polar surface area (TPSA) is 60.5 Å². The predicted octanol–water partition coefficient (Wildman–Crippen LogP) is 2.90.